The molecule has 0 aliphatic heterocycles. The molecule has 0 radical (unpaired) electrons. The first-order chi connectivity index (χ1) is 8.38. The zero-order chi connectivity index (χ0) is 13.9. The SMILES string of the molecule is CCC(CC)(NC(=O)c1c(C)n[nH]c1C)C(=O)O. The number of carbonyl (C=O) groups is 2. The Balaban J connectivity index is 3.03. The van der Waals surface area contributed by atoms with Gasteiger partial charge in [0.1, 0.15) is 5.54 Å². The van der Waals surface area contributed by atoms with E-state index < -0.39 is 17.4 Å². The number of nitrogens with one attached hydrogen (secondary N) is 2. The number of nitrogens with zero attached hydrogens (tertiary/aromatic N) is 1. The molecule has 0 spiro atoms. The quantitative estimate of drug-likeness (QED) is 0.739. The molecule has 0 saturated carbocycles. The third-order valence-electron chi connectivity index (χ3n) is 3.32. The van der Waals surface area contributed by atoms with Crippen molar-refractivity contribution in [2.45, 2.75) is 46.1 Å². The summed E-state index contributed by atoms with van der Waals surface area (Å²) in [6, 6.07) is 0. The molecule has 0 aliphatic rings. The molecule has 18 heavy (non-hydrogen) atoms. The molecular weight excluding hydrogens is 234 g/mol. The molecule has 0 fully saturated rings. The average Bonchev–Trinajstić information content (AvgIpc) is 2.65. The van der Waals surface area contributed by atoms with E-state index in [4.69, 9.17) is 0 Å². The van der Waals surface area contributed by atoms with E-state index in [0.717, 1.165) is 0 Å². The minimum absolute atomic E-state index is 0.334. The number of aryl methyl sites for hydroxylation is 2. The van der Waals surface area contributed by atoms with Gasteiger partial charge in [0.2, 0.25) is 0 Å². The van der Waals surface area contributed by atoms with Gasteiger partial charge in [0.05, 0.1) is 11.3 Å². The molecule has 0 saturated heterocycles. The van der Waals surface area contributed by atoms with Crippen LogP contribution in [-0.4, -0.2) is 32.7 Å². The second-order valence-corrected chi connectivity index (χ2v) is 4.36. The van der Waals surface area contributed by atoms with Crippen LogP contribution in [0.4, 0.5) is 0 Å². The number of H-pyrrole nitrogens is 1. The van der Waals surface area contributed by atoms with Crippen molar-refractivity contribution in [1.29, 1.82) is 0 Å². The molecule has 0 aromatic carbocycles. The predicted molar refractivity (Wildman–Crippen MR) is 66.5 cm³/mol. The van der Waals surface area contributed by atoms with E-state index in [9.17, 15) is 14.7 Å². The van der Waals surface area contributed by atoms with Crippen molar-refractivity contribution in [2.24, 2.45) is 0 Å². The van der Waals surface area contributed by atoms with Crippen LogP contribution in [0.3, 0.4) is 0 Å². The second-order valence-electron chi connectivity index (χ2n) is 4.36. The summed E-state index contributed by atoms with van der Waals surface area (Å²) in [4.78, 5) is 23.5. The highest BCUT2D eigenvalue weighted by Gasteiger charge is 2.37. The average molecular weight is 253 g/mol. The first-order valence-electron chi connectivity index (χ1n) is 5.95. The first kappa shape index (κ1) is 14.2. The Labute approximate surface area is 106 Å². The maximum atomic E-state index is 12.2. The number of hydrogen-bond donors (Lipinski definition) is 3. The molecule has 0 aliphatic carbocycles. The molecule has 6 heteroatoms. The van der Waals surface area contributed by atoms with Crippen molar-refractivity contribution in [1.82, 2.24) is 15.5 Å². The third-order valence-corrected chi connectivity index (χ3v) is 3.32. The summed E-state index contributed by atoms with van der Waals surface area (Å²) in [5.74, 6) is -1.41. The Morgan fingerprint density at radius 2 is 1.89 bits per heavy atom. The number of aliphatic carboxylic acids is 1. The van der Waals surface area contributed by atoms with Crippen LogP contribution < -0.4 is 5.32 Å². The van der Waals surface area contributed by atoms with Gasteiger partial charge >= 0.3 is 5.97 Å². The highest BCUT2D eigenvalue weighted by molar-refractivity contribution is 5.99. The fraction of sp³-hybridized carbons (Fsp3) is 0.583. The summed E-state index contributed by atoms with van der Waals surface area (Å²) >= 11 is 0. The van der Waals surface area contributed by atoms with Crippen molar-refractivity contribution >= 4 is 11.9 Å². The number of carboxylic acids is 1. The summed E-state index contributed by atoms with van der Waals surface area (Å²) in [5, 5.41) is 18.5. The van der Waals surface area contributed by atoms with Crippen LogP contribution in [0.1, 0.15) is 48.4 Å². The lowest BCUT2D eigenvalue weighted by molar-refractivity contribution is -0.144. The lowest BCUT2D eigenvalue weighted by atomic mass is 9.92. The number of carboxylic acid groups (broad SMARTS) is 1. The second kappa shape index (κ2) is 5.20. The van der Waals surface area contributed by atoms with E-state index in [-0.39, 0.29) is 0 Å². The van der Waals surface area contributed by atoms with Crippen molar-refractivity contribution < 1.29 is 14.7 Å². The normalized spacial score (nSPS) is 11.3. The lowest BCUT2D eigenvalue weighted by Gasteiger charge is -2.28. The summed E-state index contributed by atoms with van der Waals surface area (Å²) in [6.45, 7) is 6.92. The summed E-state index contributed by atoms with van der Waals surface area (Å²) in [7, 11) is 0. The molecule has 1 rings (SSSR count). The fourth-order valence-corrected chi connectivity index (χ4v) is 1.95. The van der Waals surface area contributed by atoms with Crippen LogP contribution in [0.5, 0.6) is 0 Å². The van der Waals surface area contributed by atoms with Crippen molar-refractivity contribution in [3.63, 3.8) is 0 Å². The first-order valence-corrected chi connectivity index (χ1v) is 5.95. The summed E-state index contributed by atoms with van der Waals surface area (Å²) < 4.78 is 0. The van der Waals surface area contributed by atoms with Crippen molar-refractivity contribution in [3.05, 3.63) is 17.0 Å². The van der Waals surface area contributed by atoms with Gasteiger partial charge < -0.3 is 10.4 Å². The van der Waals surface area contributed by atoms with Gasteiger partial charge in [-0.05, 0) is 26.7 Å². The van der Waals surface area contributed by atoms with Gasteiger partial charge in [-0.15, -0.1) is 0 Å². The lowest BCUT2D eigenvalue weighted by Crippen LogP contribution is -2.53. The molecule has 1 aromatic heterocycles. The minimum atomic E-state index is -1.22. The Morgan fingerprint density at radius 1 is 1.33 bits per heavy atom. The number of carbonyl (C=O) groups excluding carboxylic acids is 1. The highest BCUT2D eigenvalue weighted by Crippen LogP contribution is 2.18. The van der Waals surface area contributed by atoms with Gasteiger partial charge in [-0.2, -0.15) is 5.10 Å². The Hall–Kier alpha value is -1.85. The fourth-order valence-electron chi connectivity index (χ4n) is 1.95. The van der Waals surface area contributed by atoms with Gasteiger partial charge in [0.15, 0.2) is 0 Å². The van der Waals surface area contributed by atoms with Gasteiger partial charge in [0, 0.05) is 5.69 Å². The van der Waals surface area contributed by atoms with E-state index in [1.165, 1.54) is 0 Å². The third kappa shape index (κ3) is 2.37. The van der Waals surface area contributed by atoms with Crippen LogP contribution in [0, 0.1) is 13.8 Å². The largest absolute Gasteiger partial charge is 0.480 e. The zero-order valence-electron chi connectivity index (χ0n) is 11.1. The molecule has 1 amide bonds. The molecule has 0 unspecified atom stereocenters. The minimum Gasteiger partial charge on any atom is -0.480 e. The predicted octanol–water partition coefficient (Wildman–Crippen LogP) is 1.40. The van der Waals surface area contributed by atoms with Crippen molar-refractivity contribution in [2.75, 3.05) is 0 Å². The van der Waals surface area contributed by atoms with E-state index in [1.807, 2.05) is 0 Å². The molecule has 0 bridgehead atoms. The topological polar surface area (TPSA) is 95.1 Å². The Kier molecular flexibility index (Phi) is 4.11. The zero-order valence-corrected chi connectivity index (χ0v) is 11.1. The number of aromatic amines is 1. The van der Waals surface area contributed by atoms with Gasteiger partial charge in [-0.25, -0.2) is 4.79 Å². The van der Waals surface area contributed by atoms with E-state index in [0.29, 0.717) is 29.8 Å². The molecule has 0 atom stereocenters. The van der Waals surface area contributed by atoms with Crippen LogP contribution in [0.25, 0.3) is 0 Å². The van der Waals surface area contributed by atoms with Gasteiger partial charge in [0.25, 0.3) is 5.91 Å². The van der Waals surface area contributed by atoms with E-state index in [2.05, 4.69) is 15.5 Å². The van der Waals surface area contributed by atoms with E-state index in [1.54, 1.807) is 27.7 Å². The van der Waals surface area contributed by atoms with Crippen LogP contribution >= 0.6 is 0 Å². The van der Waals surface area contributed by atoms with Gasteiger partial charge in [-0.3, -0.25) is 9.89 Å². The number of amides is 1. The summed E-state index contributed by atoms with van der Waals surface area (Å²) in [6.07, 6.45) is 0.668. The van der Waals surface area contributed by atoms with E-state index >= 15 is 0 Å². The molecule has 100 valence electrons. The monoisotopic (exact) mass is 253 g/mol. The van der Waals surface area contributed by atoms with Crippen molar-refractivity contribution in [3.8, 4) is 0 Å². The van der Waals surface area contributed by atoms with Crippen LogP contribution in [-0.2, 0) is 4.79 Å². The summed E-state index contributed by atoms with van der Waals surface area (Å²) in [5.41, 5.74) is 0.406. The molecule has 6 nitrogen and oxygen atoms in total. The maximum Gasteiger partial charge on any atom is 0.329 e. The smallest absolute Gasteiger partial charge is 0.329 e. The number of hydrogen-bond acceptors (Lipinski definition) is 3. The highest BCUT2D eigenvalue weighted by atomic mass is 16.4. The van der Waals surface area contributed by atoms with Crippen LogP contribution in [0.15, 0.2) is 0 Å². The molecule has 1 aromatic rings. The Morgan fingerprint density at radius 3 is 2.22 bits per heavy atom. The van der Waals surface area contributed by atoms with Crippen LogP contribution in [0.2, 0.25) is 0 Å². The number of rotatable bonds is 5. The standard InChI is InChI=1S/C12H19N3O3/c1-5-12(6-2,11(17)18)13-10(16)9-7(3)14-15-8(9)4/h5-6H2,1-4H3,(H,13,16)(H,14,15)(H,17,18). The molecule has 3 N–H and O–H groups in total. The molecule has 1 heterocycles. The Bertz CT molecular complexity index is 442. The molecular formula is C12H19N3O3. The number of aromatic nitrogens is 2. The van der Waals surface area contributed by atoms with Gasteiger partial charge in [-0.1, -0.05) is 13.8 Å². The maximum absolute atomic E-state index is 12.2.